The third-order valence-corrected chi connectivity index (χ3v) is 4.27. The summed E-state index contributed by atoms with van der Waals surface area (Å²) in [7, 11) is 0. The Morgan fingerprint density at radius 3 is 2.76 bits per heavy atom. The van der Waals surface area contributed by atoms with E-state index in [0.29, 0.717) is 29.6 Å². The Hall–Kier alpha value is -2.40. The van der Waals surface area contributed by atoms with Crippen LogP contribution in [0.2, 0.25) is 5.02 Å². The molecule has 0 fully saturated rings. The molecule has 0 bridgehead atoms. The topological polar surface area (TPSA) is 48.0 Å². The number of likely N-dealkylation sites (N-methyl/N-ethyl adjacent to an activating group) is 1. The lowest BCUT2D eigenvalue weighted by molar-refractivity contribution is -0.133. The van der Waals surface area contributed by atoms with Crippen molar-refractivity contribution in [2.45, 2.75) is 20.4 Å². The average molecular weight is 362 g/mol. The van der Waals surface area contributed by atoms with E-state index in [4.69, 9.17) is 25.8 Å². The standard InChI is InChI=1S/C19H20ClNO4/c1-3-21(10-14-4-6-17-18(9-14)25-12-24-17)19(22)11-23-16-7-5-15(20)8-13(16)2/h4-9H,3,10-12H2,1-2H3. The number of ether oxygens (including phenoxy) is 3. The third-order valence-electron chi connectivity index (χ3n) is 4.03. The highest BCUT2D eigenvalue weighted by atomic mass is 35.5. The highest BCUT2D eigenvalue weighted by molar-refractivity contribution is 6.30. The van der Waals surface area contributed by atoms with Gasteiger partial charge in [0.05, 0.1) is 0 Å². The number of carbonyl (C=O) groups excluding carboxylic acids is 1. The lowest BCUT2D eigenvalue weighted by atomic mass is 10.2. The van der Waals surface area contributed by atoms with E-state index in [0.717, 1.165) is 16.9 Å². The van der Waals surface area contributed by atoms with Gasteiger partial charge >= 0.3 is 0 Å². The first-order chi connectivity index (χ1) is 12.1. The molecule has 1 aliphatic heterocycles. The lowest BCUT2D eigenvalue weighted by Gasteiger charge is -2.21. The van der Waals surface area contributed by atoms with Crippen molar-refractivity contribution in [3.8, 4) is 17.2 Å². The molecule has 0 aliphatic carbocycles. The van der Waals surface area contributed by atoms with Crippen molar-refractivity contribution in [1.82, 2.24) is 4.90 Å². The molecule has 132 valence electrons. The maximum absolute atomic E-state index is 12.5. The summed E-state index contributed by atoms with van der Waals surface area (Å²) in [5, 5.41) is 0.647. The van der Waals surface area contributed by atoms with Gasteiger partial charge in [0, 0.05) is 18.1 Å². The van der Waals surface area contributed by atoms with Crippen LogP contribution in [0.3, 0.4) is 0 Å². The van der Waals surface area contributed by atoms with E-state index in [2.05, 4.69) is 0 Å². The smallest absolute Gasteiger partial charge is 0.260 e. The first-order valence-electron chi connectivity index (χ1n) is 8.12. The van der Waals surface area contributed by atoms with Gasteiger partial charge < -0.3 is 19.1 Å². The molecule has 0 N–H and O–H groups in total. The molecule has 2 aromatic carbocycles. The molecule has 0 saturated carbocycles. The summed E-state index contributed by atoms with van der Waals surface area (Å²) in [6.07, 6.45) is 0. The summed E-state index contributed by atoms with van der Waals surface area (Å²) in [4.78, 5) is 14.2. The summed E-state index contributed by atoms with van der Waals surface area (Å²) in [5.41, 5.74) is 1.89. The Morgan fingerprint density at radius 1 is 1.20 bits per heavy atom. The summed E-state index contributed by atoms with van der Waals surface area (Å²) < 4.78 is 16.3. The number of aryl methyl sites for hydroxylation is 1. The Morgan fingerprint density at radius 2 is 2.00 bits per heavy atom. The summed E-state index contributed by atoms with van der Waals surface area (Å²) >= 11 is 5.93. The van der Waals surface area contributed by atoms with Crippen LogP contribution >= 0.6 is 11.6 Å². The molecule has 0 radical (unpaired) electrons. The average Bonchev–Trinajstić information content (AvgIpc) is 3.06. The lowest BCUT2D eigenvalue weighted by Crippen LogP contribution is -2.34. The van der Waals surface area contributed by atoms with Gasteiger partial charge in [-0.05, 0) is 55.3 Å². The van der Waals surface area contributed by atoms with Gasteiger partial charge in [-0.2, -0.15) is 0 Å². The second-order valence-corrected chi connectivity index (χ2v) is 6.23. The molecule has 3 rings (SSSR count). The van der Waals surface area contributed by atoms with Crippen molar-refractivity contribution in [3.05, 3.63) is 52.5 Å². The molecule has 1 heterocycles. The molecular weight excluding hydrogens is 342 g/mol. The highest BCUT2D eigenvalue weighted by Crippen LogP contribution is 2.32. The number of hydrogen-bond acceptors (Lipinski definition) is 4. The van der Waals surface area contributed by atoms with E-state index < -0.39 is 0 Å². The van der Waals surface area contributed by atoms with Crippen molar-refractivity contribution in [2.75, 3.05) is 19.9 Å². The summed E-state index contributed by atoms with van der Waals surface area (Å²) in [5.74, 6) is 2.04. The van der Waals surface area contributed by atoms with Crippen LogP contribution in [-0.2, 0) is 11.3 Å². The fourth-order valence-electron chi connectivity index (χ4n) is 2.64. The molecule has 5 nitrogen and oxygen atoms in total. The van der Waals surface area contributed by atoms with Gasteiger partial charge in [-0.1, -0.05) is 17.7 Å². The molecule has 1 aliphatic rings. The van der Waals surface area contributed by atoms with Crippen LogP contribution in [0.1, 0.15) is 18.1 Å². The SMILES string of the molecule is CCN(Cc1ccc2c(c1)OCO2)C(=O)COc1ccc(Cl)cc1C. The quantitative estimate of drug-likeness (QED) is 0.785. The summed E-state index contributed by atoms with van der Waals surface area (Å²) in [6.45, 7) is 5.16. The van der Waals surface area contributed by atoms with E-state index in [1.807, 2.05) is 38.1 Å². The van der Waals surface area contributed by atoms with Crippen molar-refractivity contribution >= 4 is 17.5 Å². The van der Waals surface area contributed by atoms with Crippen LogP contribution in [0.25, 0.3) is 0 Å². The van der Waals surface area contributed by atoms with Crippen molar-refractivity contribution in [2.24, 2.45) is 0 Å². The van der Waals surface area contributed by atoms with E-state index in [1.165, 1.54) is 0 Å². The van der Waals surface area contributed by atoms with Gasteiger partial charge in [-0.25, -0.2) is 0 Å². The minimum Gasteiger partial charge on any atom is -0.483 e. The zero-order valence-corrected chi connectivity index (χ0v) is 15.0. The molecule has 0 spiro atoms. The minimum absolute atomic E-state index is 0.0130. The molecule has 0 atom stereocenters. The zero-order valence-electron chi connectivity index (χ0n) is 14.3. The molecule has 25 heavy (non-hydrogen) atoms. The first-order valence-corrected chi connectivity index (χ1v) is 8.50. The fourth-order valence-corrected chi connectivity index (χ4v) is 2.87. The van der Waals surface area contributed by atoms with Crippen LogP contribution in [0.4, 0.5) is 0 Å². The highest BCUT2D eigenvalue weighted by Gasteiger charge is 2.17. The van der Waals surface area contributed by atoms with Crippen LogP contribution < -0.4 is 14.2 Å². The number of rotatable bonds is 6. The molecule has 0 aromatic heterocycles. The van der Waals surface area contributed by atoms with Gasteiger partial charge in [0.2, 0.25) is 6.79 Å². The maximum atomic E-state index is 12.5. The van der Waals surface area contributed by atoms with Gasteiger partial charge in [-0.3, -0.25) is 4.79 Å². The number of hydrogen-bond donors (Lipinski definition) is 0. The fraction of sp³-hybridized carbons (Fsp3) is 0.316. The van der Waals surface area contributed by atoms with Gasteiger partial charge in [0.15, 0.2) is 18.1 Å². The zero-order chi connectivity index (χ0) is 17.8. The normalized spacial score (nSPS) is 12.1. The number of carbonyl (C=O) groups is 1. The number of nitrogens with zero attached hydrogens (tertiary/aromatic N) is 1. The monoisotopic (exact) mass is 361 g/mol. The second kappa shape index (κ2) is 7.66. The van der Waals surface area contributed by atoms with Crippen molar-refractivity contribution in [1.29, 1.82) is 0 Å². The second-order valence-electron chi connectivity index (χ2n) is 5.79. The first kappa shape index (κ1) is 17.4. The Bertz CT molecular complexity index is 778. The Labute approximate surface area is 152 Å². The number of amides is 1. The van der Waals surface area contributed by atoms with Crippen LogP contribution in [0.5, 0.6) is 17.2 Å². The number of halogens is 1. The number of benzene rings is 2. The predicted octanol–water partition coefficient (Wildman–Crippen LogP) is 3.80. The van der Waals surface area contributed by atoms with E-state index in [1.54, 1.807) is 17.0 Å². The molecule has 6 heteroatoms. The van der Waals surface area contributed by atoms with Crippen LogP contribution in [0, 0.1) is 6.92 Å². The Balaban J connectivity index is 1.61. The maximum Gasteiger partial charge on any atom is 0.260 e. The minimum atomic E-state index is -0.0745. The molecule has 0 saturated heterocycles. The molecule has 2 aromatic rings. The molecule has 0 unspecified atom stereocenters. The largest absolute Gasteiger partial charge is 0.483 e. The number of fused-ring (bicyclic) bond motifs is 1. The predicted molar refractivity (Wildman–Crippen MR) is 95.3 cm³/mol. The third kappa shape index (κ3) is 4.17. The molecular formula is C19H20ClNO4. The van der Waals surface area contributed by atoms with Crippen LogP contribution in [0.15, 0.2) is 36.4 Å². The van der Waals surface area contributed by atoms with Gasteiger partial charge in [0.1, 0.15) is 5.75 Å². The van der Waals surface area contributed by atoms with E-state index >= 15 is 0 Å². The Kier molecular flexibility index (Phi) is 5.34. The van der Waals surface area contributed by atoms with Gasteiger partial charge in [-0.15, -0.1) is 0 Å². The van der Waals surface area contributed by atoms with Gasteiger partial charge in [0.25, 0.3) is 5.91 Å². The summed E-state index contributed by atoms with van der Waals surface area (Å²) in [6, 6.07) is 11.0. The van der Waals surface area contributed by atoms with Crippen LogP contribution in [-0.4, -0.2) is 30.8 Å². The van der Waals surface area contributed by atoms with E-state index in [9.17, 15) is 4.79 Å². The van der Waals surface area contributed by atoms with E-state index in [-0.39, 0.29) is 19.3 Å². The van der Waals surface area contributed by atoms with Crippen molar-refractivity contribution in [3.63, 3.8) is 0 Å². The molecule has 1 amide bonds. The van der Waals surface area contributed by atoms with Crippen molar-refractivity contribution < 1.29 is 19.0 Å².